The number of rotatable bonds is 6. The minimum Gasteiger partial charge on any atom is -0.478 e. The summed E-state index contributed by atoms with van der Waals surface area (Å²) in [5.41, 5.74) is 1.47. The first kappa shape index (κ1) is 20.6. The van der Waals surface area contributed by atoms with Crippen molar-refractivity contribution in [3.8, 4) is 0 Å². The fourth-order valence-electron chi connectivity index (χ4n) is 3.99. The van der Waals surface area contributed by atoms with Crippen LogP contribution in [0.1, 0.15) is 52.0 Å². The van der Waals surface area contributed by atoms with Gasteiger partial charge in [0, 0.05) is 13.5 Å². The Morgan fingerprint density at radius 3 is 2.61 bits per heavy atom. The number of carboxylic acids is 1. The summed E-state index contributed by atoms with van der Waals surface area (Å²) in [6, 6.07) is 10.7. The third-order valence-electron chi connectivity index (χ3n) is 5.56. The van der Waals surface area contributed by atoms with E-state index in [4.69, 9.17) is 0 Å². The third-order valence-corrected chi connectivity index (χ3v) is 5.56. The topological polar surface area (TPSA) is 105 Å². The average Bonchev–Trinajstić information content (AvgIpc) is 3.02. The van der Waals surface area contributed by atoms with Crippen LogP contribution in [0.25, 0.3) is 10.8 Å². The normalized spacial score (nSPS) is 13.8. The lowest BCUT2D eigenvalue weighted by atomic mass is 9.99. The van der Waals surface area contributed by atoms with E-state index in [-0.39, 0.29) is 29.7 Å². The molecule has 0 radical (unpaired) electrons. The van der Waals surface area contributed by atoms with E-state index in [1.165, 1.54) is 4.90 Å². The molecule has 3 aromatic rings. The predicted octanol–water partition coefficient (Wildman–Crippen LogP) is 3.15. The van der Waals surface area contributed by atoms with E-state index in [0.29, 0.717) is 24.0 Å². The number of carboxylic acid groups (broad SMARTS) is 1. The molecule has 8 heteroatoms. The van der Waals surface area contributed by atoms with Gasteiger partial charge in [-0.3, -0.25) is 9.59 Å². The minimum atomic E-state index is -0.984. The van der Waals surface area contributed by atoms with Crippen LogP contribution in [-0.4, -0.2) is 50.9 Å². The Bertz CT molecular complexity index is 1200. The standard InChI is InChI=1S/C23H24N4O4/c1-3-4-9-18-24-21-20(22(29)26(2)13-19(28)25-21)27(18)12-14-10-11-17(23(30)31)16-8-6-5-7-15(14)16/h5-8,10-11H,3-4,9,12-13H2,1-2H3,(H,25,28)(H,30,31). The van der Waals surface area contributed by atoms with Gasteiger partial charge in [0.05, 0.1) is 18.7 Å². The molecule has 2 N–H and O–H groups in total. The first-order valence-corrected chi connectivity index (χ1v) is 10.3. The van der Waals surface area contributed by atoms with Crippen LogP contribution in [0.2, 0.25) is 0 Å². The van der Waals surface area contributed by atoms with Gasteiger partial charge in [-0.05, 0) is 28.8 Å². The number of nitrogens with zero attached hydrogens (tertiary/aromatic N) is 3. The van der Waals surface area contributed by atoms with Crippen LogP contribution < -0.4 is 5.32 Å². The Labute approximate surface area is 179 Å². The molecule has 160 valence electrons. The zero-order chi connectivity index (χ0) is 22.1. The largest absolute Gasteiger partial charge is 0.478 e. The molecule has 1 aromatic heterocycles. The number of benzene rings is 2. The van der Waals surface area contributed by atoms with Crippen LogP contribution in [0.15, 0.2) is 36.4 Å². The van der Waals surface area contributed by atoms with Crippen LogP contribution >= 0.6 is 0 Å². The number of hydrogen-bond acceptors (Lipinski definition) is 4. The maximum Gasteiger partial charge on any atom is 0.336 e. The summed E-state index contributed by atoms with van der Waals surface area (Å²) in [6.45, 7) is 2.39. The van der Waals surface area contributed by atoms with Gasteiger partial charge in [0.1, 0.15) is 5.82 Å². The summed E-state index contributed by atoms with van der Waals surface area (Å²) in [6.07, 6.45) is 2.53. The number of likely N-dealkylation sites (N-methyl/N-ethyl adjacent to an activating group) is 1. The van der Waals surface area contributed by atoms with Gasteiger partial charge < -0.3 is 19.9 Å². The maximum absolute atomic E-state index is 13.1. The number of carbonyl (C=O) groups is 3. The highest BCUT2D eigenvalue weighted by molar-refractivity contribution is 6.07. The monoisotopic (exact) mass is 420 g/mol. The van der Waals surface area contributed by atoms with Gasteiger partial charge in [-0.1, -0.05) is 43.7 Å². The molecule has 1 aliphatic rings. The number of anilines is 1. The highest BCUT2D eigenvalue weighted by atomic mass is 16.4. The van der Waals surface area contributed by atoms with Crippen LogP contribution in [0.3, 0.4) is 0 Å². The maximum atomic E-state index is 13.1. The molecule has 0 aliphatic carbocycles. The number of unbranched alkanes of at least 4 members (excludes halogenated alkanes) is 1. The second-order valence-corrected chi connectivity index (χ2v) is 7.75. The Morgan fingerprint density at radius 2 is 1.90 bits per heavy atom. The number of aryl methyl sites for hydroxylation is 1. The molecule has 2 heterocycles. The van der Waals surface area contributed by atoms with Crippen molar-refractivity contribution in [2.45, 2.75) is 32.7 Å². The molecule has 0 saturated heterocycles. The molecular formula is C23H24N4O4. The van der Waals surface area contributed by atoms with Crippen molar-refractivity contribution < 1.29 is 19.5 Å². The molecular weight excluding hydrogens is 396 g/mol. The summed E-state index contributed by atoms with van der Waals surface area (Å²) >= 11 is 0. The first-order valence-electron chi connectivity index (χ1n) is 10.3. The quantitative estimate of drug-likeness (QED) is 0.637. The summed E-state index contributed by atoms with van der Waals surface area (Å²) < 4.78 is 1.86. The number of hydrogen-bond donors (Lipinski definition) is 2. The molecule has 0 atom stereocenters. The summed E-state index contributed by atoms with van der Waals surface area (Å²) in [5.74, 6) is -0.519. The van der Waals surface area contributed by atoms with Gasteiger partial charge in [0.15, 0.2) is 11.5 Å². The van der Waals surface area contributed by atoms with Gasteiger partial charge in [0.2, 0.25) is 5.91 Å². The van der Waals surface area contributed by atoms with Crippen molar-refractivity contribution in [1.29, 1.82) is 0 Å². The predicted molar refractivity (Wildman–Crippen MR) is 116 cm³/mol. The van der Waals surface area contributed by atoms with Crippen molar-refractivity contribution in [2.75, 3.05) is 18.9 Å². The van der Waals surface area contributed by atoms with Gasteiger partial charge in [-0.15, -0.1) is 0 Å². The Balaban J connectivity index is 1.87. The molecule has 2 amide bonds. The number of carbonyl (C=O) groups excluding carboxylic acids is 2. The van der Waals surface area contributed by atoms with Gasteiger partial charge in [-0.2, -0.15) is 0 Å². The number of aromatic carboxylic acids is 1. The van der Waals surface area contributed by atoms with E-state index < -0.39 is 5.97 Å². The third kappa shape index (κ3) is 3.76. The summed E-state index contributed by atoms with van der Waals surface area (Å²) in [4.78, 5) is 42.9. The van der Waals surface area contributed by atoms with Crippen molar-refractivity contribution in [2.24, 2.45) is 0 Å². The second-order valence-electron chi connectivity index (χ2n) is 7.75. The van der Waals surface area contributed by atoms with E-state index in [9.17, 15) is 19.5 Å². The van der Waals surface area contributed by atoms with Gasteiger partial charge >= 0.3 is 5.97 Å². The number of imidazole rings is 1. The first-order chi connectivity index (χ1) is 14.9. The van der Waals surface area contributed by atoms with E-state index in [1.54, 1.807) is 25.2 Å². The van der Waals surface area contributed by atoms with E-state index >= 15 is 0 Å². The molecule has 2 aromatic carbocycles. The van der Waals surface area contributed by atoms with Crippen molar-refractivity contribution >= 4 is 34.4 Å². The van der Waals surface area contributed by atoms with E-state index in [1.807, 2.05) is 22.8 Å². The van der Waals surface area contributed by atoms with Crippen LogP contribution in [0, 0.1) is 0 Å². The van der Waals surface area contributed by atoms with E-state index in [2.05, 4.69) is 17.2 Å². The lowest BCUT2D eigenvalue weighted by Gasteiger charge is -2.17. The van der Waals surface area contributed by atoms with Crippen LogP contribution in [0.4, 0.5) is 5.82 Å². The lowest BCUT2D eigenvalue weighted by Crippen LogP contribution is -2.32. The molecule has 8 nitrogen and oxygen atoms in total. The number of amides is 2. The second kappa shape index (κ2) is 8.22. The SMILES string of the molecule is CCCCc1nc2c(n1Cc1ccc(C(=O)O)c3ccccc13)C(=O)N(C)CC(=O)N2. The highest BCUT2D eigenvalue weighted by Gasteiger charge is 2.30. The molecule has 1 aliphatic heterocycles. The molecule has 0 spiro atoms. The van der Waals surface area contributed by atoms with Crippen molar-refractivity contribution in [3.05, 3.63) is 59.0 Å². The number of aromatic nitrogens is 2. The van der Waals surface area contributed by atoms with E-state index in [0.717, 1.165) is 29.6 Å². The zero-order valence-electron chi connectivity index (χ0n) is 17.5. The number of fused-ring (bicyclic) bond motifs is 2. The minimum absolute atomic E-state index is 0.0320. The van der Waals surface area contributed by atoms with Gasteiger partial charge in [0.25, 0.3) is 5.91 Å². The highest BCUT2D eigenvalue weighted by Crippen LogP contribution is 2.28. The average molecular weight is 420 g/mol. The molecule has 0 fully saturated rings. The Kier molecular flexibility index (Phi) is 5.46. The fraction of sp³-hybridized carbons (Fsp3) is 0.304. The molecule has 4 rings (SSSR count). The lowest BCUT2D eigenvalue weighted by molar-refractivity contribution is -0.116. The molecule has 0 bridgehead atoms. The Hall–Kier alpha value is -3.68. The van der Waals surface area contributed by atoms with Crippen molar-refractivity contribution in [1.82, 2.24) is 14.5 Å². The summed E-state index contributed by atoms with van der Waals surface area (Å²) in [5, 5.41) is 13.8. The fourth-order valence-corrected chi connectivity index (χ4v) is 3.99. The smallest absolute Gasteiger partial charge is 0.336 e. The molecule has 0 saturated carbocycles. The van der Waals surface area contributed by atoms with Crippen LogP contribution in [0.5, 0.6) is 0 Å². The molecule has 0 unspecified atom stereocenters. The van der Waals surface area contributed by atoms with Crippen molar-refractivity contribution in [3.63, 3.8) is 0 Å². The number of nitrogens with one attached hydrogen (secondary N) is 1. The Morgan fingerprint density at radius 1 is 1.16 bits per heavy atom. The van der Waals surface area contributed by atoms with Crippen LogP contribution in [-0.2, 0) is 17.8 Å². The van der Waals surface area contributed by atoms with Gasteiger partial charge in [-0.25, -0.2) is 9.78 Å². The molecule has 31 heavy (non-hydrogen) atoms. The zero-order valence-corrected chi connectivity index (χ0v) is 17.5. The summed E-state index contributed by atoms with van der Waals surface area (Å²) in [7, 11) is 1.59.